The lowest BCUT2D eigenvalue weighted by atomic mass is 10.00. The van der Waals surface area contributed by atoms with Gasteiger partial charge in [-0.3, -0.25) is 9.58 Å². The van der Waals surface area contributed by atoms with Crippen LogP contribution in [0.15, 0.2) is 28.7 Å². The molecule has 4 heteroatoms. The molecule has 1 aromatic heterocycles. The monoisotopic (exact) mass is 333 g/mol. The molecule has 0 amide bonds. The number of hydrogen-bond donors (Lipinski definition) is 0. The van der Waals surface area contributed by atoms with E-state index in [1.807, 2.05) is 0 Å². The van der Waals surface area contributed by atoms with Crippen LogP contribution in [-0.2, 0) is 26.1 Å². The van der Waals surface area contributed by atoms with Crippen LogP contribution >= 0.6 is 15.9 Å². The highest BCUT2D eigenvalue weighted by Gasteiger charge is 2.19. The van der Waals surface area contributed by atoms with E-state index in [1.54, 1.807) is 0 Å². The largest absolute Gasteiger partial charge is 0.293 e. The number of aromatic nitrogens is 2. The molecule has 1 aliphatic heterocycles. The first-order valence-electron chi connectivity index (χ1n) is 7.20. The number of benzene rings is 1. The molecule has 0 aliphatic carbocycles. The molecule has 1 aromatic carbocycles. The van der Waals surface area contributed by atoms with Crippen molar-refractivity contribution in [2.75, 3.05) is 6.54 Å². The molecule has 0 spiro atoms. The Morgan fingerprint density at radius 1 is 1.25 bits per heavy atom. The van der Waals surface area contributed by atoms with Crippen molar-refractivity contribution in [3.8, 4) is 0 Å². The van der Waals surface area contributed by atoms with Gasteiger partial charge in [0.25, 0.3) is 0 Å². The van der Waals surface area contributed by atoms with E-state index >= 15 is 0 Å². The van der Waals surface area contributed by atoms with Gasteiger partial charge in [0.1, 0.15) is 0 Å². The lowest BCUT2D eigenvalue weighted by molar-refractivity contribution is 0.237. The van der Waals surface area contributed by atoms with Crippen molar-refractivity contribution >= 4 is 15.9 Å². The molecule has 0 fully saturated rings. The Morgan fingerprint density at radius 2 is 2.00 bits per heavy atom. The maximum atomic E-state index is 4.58. The fraction of sp³-hybridized carbons (Fsp3) is 0.438. The van der Waals surface area contributed by atoms with Crippen molar-refractivity contribution in [2.45, 2.75) is 39.9 Å². The highest BCUT2D eigenvalue weighted by Crippen LogP contribution is 2.25. The highest BCUT2D eigenvalue weighted by molar-refractivity contribution is 9.10. The Bertz CT molecular complexity index is 618. The minimum Gasteiger partial charge on any atom is -0.293 e. The van der Waals surface area contributed by atoms with Gasteiger partial charge in [0.15, 0.2) is 0 Å². The molecule has 2 aromatic rings. The second-order valence-electron chi connectivity index (χ2n) is 5.39. The number of halogens is 1. The summed E-state index contributed by atoms with van der Waals surface area (Å²) in [7, 11) is 0. The quantitative estimate of drug-likeness (QED) is 0.856. The lowest BCUT2D eigenvalue weighted by Crippen LogP contribution is -2.31. The number of nitrogens with zero attached hydrogens (tertiary/aromatic N) is 3. The van der Waals surface area contributed by atoms with Crippen molar-refractivity contribution in [3.63, 3.8) is 0 Å². The van der Waals surface area contributed by atoms with Crippen LogP contribution in [0.5, 0.6) is 0 Å². The van der Waals surface area contributed by atoms with Gasteiger partial charge < -0.3 is 0 Å². The average Bonchev–Trinajstić information content (AvgIpc) is 2.75. The lowest BCUT2D eigenvalue weighted by Gasteiger charge is -2.28. The van der Waals surface area contributed by atoms with Crippen molar-refractivity contribution < 1.29 is 0 Å². The van der Waals surface area contributed by atoms with E-state index in [0.717, 1.165) is 38.3 Å². The summed E-state index contributed by atoms with van der Waals surface area (Å²) in [5, 5.41) is 4.58. The Kier molecular flexibility index (Phi) is 3.94. The predicted octanol–water partition coefficient (Wildman–Crippen LogP) is 3.53. The SMILES string of the molecule is CCn1nc(C)c(Br)c1CN1CCc2ccccc2C1. The van der Waals surface area contributed by atoms with Crippen LogP contribution in [0.25, 0.3) is 0 Å². The van der Waals surface area contributed by atoms with E-state index in [0.29, 0.717) is 0 Å². The van der Waals surface area contributed by atoms with Crippen LogP contribution < -0.4 is 0 Å². The molecule has 0 saturated heterocycles. The van der Waals surface area contributed by atoms with Crippen LogP contribution in [0.3, 0.4) is 0 Å². The smallest absolute Gasteiger partial charge is 0.0739 e. The molecule has 20 heavy (non-hydrogen) atoms. The fourth-order valence-corrected chi connectivity index (χ4v) is 3.33. The Labute approximate surface area is 128 Å². The average molecular weight is 334 g/mol. The van der Waals surface area contributed by atoms with E-state index in [1.165, 1.54) is 21.3 Å². The summed E-state index contributed by atoms with van der Waals surface area (Å²) in [6.07, 6.45) is 1.15. The first-order chi connectivity index (χ1) is 9.69. The van der Waals surface area contributed by atoms with E-state index in [9.17, 15) is 0 Å². The molecular weight excluding hydrogens is 314 g/mol. The minimum atomic E-state index is 0.923. The number of rotatable bonds is 3. The predicted molar refractivity (Wildman–Crippen MR) is 84.6 cm³/mol. The normalized spacial score (nSPS) is 15.3. The van der Waals surface area contributed by atoms with Crippen LogP contribution in [-0.4, -0.2) is 21.2 Å². The zero-order chi connectivity index (χ0) is 14.1. The maximum Gasteiger partial charge on any atom is 0.0739 e. The van der Waals surface area contributed by atoms with Crippen molar-refractivity contribution in [1.82, 2.24) is 14.7 Å². The molecule has 0 radical (unpaired) electrons. The van der Waals surface area contributed by atoms with E-state index in [4.69, 9.17) is 0 Å². The summed E-state index contributed by atoms with van der Waals surface area (Å²) < 4.78 is 3.28. The summed E-state index contributed by atoms with van der Waals surface area (Å²) in [6.45, 7) is 8.25. The van der Waals surface area contributed by atoms with Crippen molar-refractivity contribution in [3.05, 3.63) is 51.3 Å². The van der Waals surface area contributed by atoms with Crippen LogP contribution in [0.2, 0.25) is 0 Å². The number of hydrogen-bond acceptors (Lipinski definition) is 2. The fourth-order valence-electron chi connectivity index (χ4n) is 2.92. The molecule has 3 nitrogen and oxygen atoms in total. The van der Waals surface area contributed by atoms with Gasteiger partial charge in [0, 0.05) is 26.2 Å². The third-order valence-corrected chi connectivity index (χ3v) is 5.07. The standard InChI is InChI=1S/C16H20BrN3/c1-3-20-15(16(17)12(2)18-20)11-19-9-8-13-6-4-5-7-14(13)10-19/h4-7H,3,8-11H2,1-2H3. The molecule has 2 heterocycles. The zero-order valence-electron chi connectivity index (χ0n) is 12.1. The number of aryl methyl sites for hydroxylation is 2. The zero-order valence-corrected chi connectivity index (χ0v) is 13.7. The van der Waals surface area contributed by atoms with Crippen LogP contribution in [0, 0.1) is 6.92 Å². The number of fused-ring (bicyclic) bond motifs is 1. The molecule has 3 rings (SSSR count). The summed E-state index contributed by atoms with van der Waals surface area (Å²) in [6, 6.07) is 8.78. The highest BCUT2D eigenvalue weighted by atomic mass is 79.9. The van der Waals surface area contributed by atoms with E-state index < -0.39 is 0 Å². The summed E-state index contributed by atoms with van der Waals surface area (Å²) in [4.78, 5) is 2.51. The third-order valence-electron chi connectivity index (χ3n) is 4.04. The summed E-state index contributed by atoms with van der Waals surface area (Å²) in [5.74, 6) is 0. The third kappa shape index (κ3) is 2.54. The molecule has 0 N–H and O–H groups in total. The molecule has 1 aliphatic rings. The molecule has 0 atom stereocenters. The van der Waals surface area contributed by atoms with E-state index in [-0.39, 0.29) is 0 Å². The van der Waals surface area contributed by atoms with Gasteiger partial charge in [-0.05, 0) is 47.3 Å². The van der Waals surface area contributed by atoms with Crippen LogP contribution in [0.1, 0.15) is 29.4 Å². The van der Waals surface area contributed by atoms with Gasteiger partial charge in [-0.1, -0.05) is 24.3 Å². The Morgan fingerprint density at radius 3 is 2.75 bits per heavy atom. The molecule has 0 saturated carbocycles. The van der Waals surface area contributed by atoms with Gasteiger partial charge in [-0.2, -0.15) is 5.10 Å². The van der Waals surface area contributed by atoms with Gasteiger partial charge in [-0.15, -0.1) is 0 Å². The topological polar surface area (TPSA) is 21.1 Å². The molecule has 106 valence electrons. The first kappa shape index (κ1) is 13.8. The second kappa shape index (κ2) is 5.70. The van der Waals surface area contributed by atoms with Crippen molar-refractivity contribution in [1.29, 1.82) is 0 Å². The van der Waals surface area contributed by atoms with Gasteiger partial charge in [-0.25, -0.2) is 0 Å². The van der Waals surface area contributed by atoms with E-state index in [2.05, 4.69) is 68.7 Å². The molecule has 0 bridgehead atoms. The maximum absolute atomic E-state index is 4.58. The van der Waals surface area contributed by atoms with Gasteiger partial charge >= 0.3 is 0 Å². The second-order valence-corrected chi connectivity index (χ2v) is 6.18. The van der Waals surface area contributed by atoms with Crippen LogP contribution in [0.4, 0.5) is 0 Å². The first-order valence-corrected chi connectivity index (χ1v) is 7.99. The molecular formula is C16H20BrN3. The molecule has 0 unspecified atom stereocenters. The Balaban J connectivity index is 1.80. The Hall–Kier alpha value is -1.13. The minimum absolute atomic E-state index is 0.923. The van der Waals surface area contributed by atoms with Gasteiger partial charge in [0.2, 0.25) is 0 Å². The summed E-state index contributed by atoms with van der Waals surface area (Å²) in [5.41, 5.74) is 5.35. The van der Waals surface area contributed by atoms with Gasteiger partial charge in [0.05, 0.1) is 15.9 Å². The van der Waals surface area contributed by atoms with Crippen molar-refractivity contribution in [2.24, 2.45) is 0 Å². The summed E-state index contributed by atoms with van der Waals surface area (Å²) >= 11 is 3.69.